The monoisotopic (exact) mass is 358 g/mol. The van der Waals surface area contributed by atoms with Crippen LogP contribution in [0.3, 0.4) is 0 Å². The Bertz CT molecular complexity index is 867. The summed E-state index contributed by atoms with van der Waals surface area (Å²) in [4.78, 5) is 35.8. The molecule has 0 unspecified atom stereocenters. The first-order valence-corrected chi connectivity index (χ1v) is 8.11. The molecule has 1 heterocycles. The highest BCUT2D eigenvalue weighted by molar-refractivity contribution is 6.02. The third kappa shape index (κ3) is 4.30. The summed E-state index contributed by atoms with van der Waals surface area (Å²) in [5, 5.41) is 4.72. The number of benzene rings is 1. The molecule has 3 amide bonds. The number of carbonyl (C=O) groups is 3. The lowest BCUT2D eigenvalue weighted by atomic mass is 10.1. The van der Waals surface area contributed by atoms with E-state index in [-0.39, 0.29) is 0 Å². The molecule has 7 nitrogen and oxygen atoms in total. The molecule has 26 heavy (non-hydrogen) atoms. The number of carbonyl (C=O) groups excluding carboxylic acids is 3. The Hall–Kier alpha value is -3.09. The van der Waals surface area contributed by atoms with Crippen molar-refractivity contribution in [2.24, 2.45) is 0 Å². The third-order valence-corrected chi connectivity index (χ3v) is 4.21. The van der Waals surface area contributed by atoms with E-state index in [0.29, 0.717) is 28.3 Å². The smallest absolute Gasteiger partial charge is 0.342 e. The maximum Gasteiger partial charge on any atom is 0.342 e. The van der Waals surface area contributed by atoms with Crippen LogP contribution in [0.15, 0.2) is 22.6 Å². The maximum atomic E-state index is 12.1. The van der Waals surface area contributed by atoms with Crippen molar-refractivity contribution in [1.29, 1.82) is 0 Å². The average molecular weight is 358 g/mol. The SMILES string of the molecule is Cc1cccc(NC(=O)NC(=O)COC(=O)c2c(C)oc(C)c2C)c1C. The van der Waals surface area contributed by atoms with Gasteiger partial charge >= 0.3 is 12.0 Å². The largest absolute Gasteiger partial charge is 0.465 e. The van der Waals surface area contributed by atoms with Crippen molar-refractivity contribution in [1.82, 2.24) is 5.32 Å². The van der Waals surface area contributed by atoms with Crippen molar-refractivity contribution in [3.8, 4) is 0 Å². The highest BCUT2D eigenvalue weighted by atomic mass is 16.5. The molecule has 0 radical (unpaired) electrons. The summed E-state index contributed by atoms with van der Waals surface area (Å²) in [6, 6.07) is 4.77. The van der Waals surface area contributed by atoms with E-state index in [4.69, 9.17) is 9.15 Å². The number of aryl methyl sites for hydroxylation is 3. The zero-order valence-corrected chi connectivity index (χ0v) is 15.5. The van der Waals surface area contributed by atoms with Gasteiger partial charge in [0.15, 0.2) is 6.61 Å². The first-order valence-electron chi connectivity index (χ1n) is 8.11. The van der Waals surface area contributed by atoms with E-state index in [2.05, 4.69) is 10.6 Å². The Morgan fingerprint density at radius 1 is 1.00 bits per heavy atom. The normalized spacial score (nSPS) is 10.3. The van der Waals surface area contributed by atoms with E-state index >= 15 is 0 Å². The highest BCUT2D eigenvalue weighted by Crippen LogP contribution is 2.21. The zero-order chi connectivity index (χ0) is 19.4. The summed E-state index contributed by atoms with van der Waals surface area (Å²) in [5.74, 6) is -0.344. The summed E-state index contributed by atoms with van der Waals surface area (Å²) >= 11 is 0. The number of nitrogens with one attached hydrogen (secondary N) is 2. The number of anilines is 1. The van der Waals surface area contributed by atoms with E-state index in [0.717, 1.165) is 11.1 Å². The van der Waals surface area contributed by atoms with Crippen molar-refractivity contribution in [2.75, 3.05) is 11.9 Å². The Morgan fingerprint density at radius 3 is 2.31 bits per heavy atom. The fourth-order valence-corrected chi connectivity index (χ4v) is 2.50. The van der Waals surface area contributed by atoms with Gasteiger partial charge in [0.2, 0.25) is 0 Å². The Labute approximate surface area is 151 Å². The molecule has 0 atom stereocenters. The molecule has 7 heteroatoms. The predicted molar refractivity (Wildman–Crippen MR) is 96.3 cm³/mol. The molecule has 0 aliphatic rings. The number of furan rings is 1. The van der Waals surface area contributed by atoms with Gasteiger partial charge in [-0.05, 0) is 51.8 Å². The van der Waals surface area contributed by atoms with Crippen LogP contribution in [0, 0.1) is 34.6 Å². The van der Waals surface area contributed by atoms with Gasteiger partial charge in [-0.2, -0.15) is 0 Å². The number of urea groups is 1. The molecule has 138 valence electrons. The quantitative estimate of drug-likeness (QED) is 0.817. The van der Waals surface area contributed by atoms with Crippen molar-refractivity contribution in [3.63, 3.8) is 0 Å². The number of amides is 3. The Morgan fingerprint density at radius 2 is 1.69 bits per heavy atom. The van der Waals surface area contributed by atoms with Crippen molar-refractivity contribution in [3.05, 3.63) is 52.0 Å². The minimum Gasteiger partial charge on any atom is -0.465 e. The molecule has 2 aromatic rings. The molecule has 0 spiro atoms. The number of imide groups is 1. The van der Waals surface area contributed by atoms with Crippen LogP contribution in [0.4, 0.5) is 10.5 Å². The molecular formula is C19H22N2O5. The number of hydrogen-bond acceptors (Lipinski definition) is 5. The molecule has 0 saturated heterocycles. The average Bonchev–Trinajstić information content (AvgIpc) is 2.82. The van der Waals surface area contributed by atoms with E-state index in [9.17, 15) is 14.4 Å². The van der Waals surface area contributed by atoms with Crippen LogP contribution in [0.5, 0.6) is 0 Å². The standard InChI is InChI=1S/C19H22N2O5/c1-10-7-6-8-15(11(10)2)20-19(24)21-16(22)9-25-18(23)17-12(3)13(4)26-14(17)5/h6-8H,9H2,1-5H3,(H2,20,21,22,24). The van der Waals surface area contributed by atoms with Gasteiger partial charge in [-0.1, -0.05) is 12.1 Å². The Kier molecular flexibility index (Phi) is 5.82. The number of hydrogen-bond donors (Lipinski definition) is 2. The van der Waals surface area contributed by atoms with Crippen LogP contribution >= 0.6 is 0 Å². The summed E-state index contributed by atoms with van der Waals surface area (Å²) in [7, 11) is 0. The Balaban J connectivity index is 1.89. The molecule has 0 bridgehead atoms. The second kappa shape index (κ2) is 7.86. The molecule has 0 saturated carbocycles. The van der Waals surface area contributed by atoms with Crippen LogP contribution in [-0.2, 0) is 9.53 Å². The van der Waals surface area contributed by atoms with Crippen LogP contribution in [-0.4, -0.2) is 24.5 Å². The summed E-state index contributed by atoms with van der Waals surface area (Å²) in [6.45, 7) is 8.34. The van der Waals surface area contributed by atoms with Crippen LogP contribution in [0.1, 0.15) is 38.6 Å². The minimum absolute atomic E-state index is 0.301. The van der Waals surface area contributed by atoms with Gasteiger partial charge in [0.05, 0.1) is 0 Å². The first-order chi connectivity index (χ1) is 12.2. The lowest BCUT2D eigenvalue weighted by Crippen LogP contribution is -2.37. The lowest BCUT2D eigenvalue weighted by molar-refractivity contribution is -0.123. The number of esters is 1. The fraction of sp³-hybridized carbons (Fsp3) is 0.316. The van der Waals surface area contributed by atoms with Gasteiger partial charge in [0, 0.05) is 11.3 Å². The minimum atomic E-state index is -0.725. The van der Waals surface area contributed by atoms with Crippen LogP contribution in [0.2, 0.25) is 0 Å². The van der Waals surface area contributed by atoms with E-state index in [1.807, 2.05) is 19.9 Å². The molecule has 2 rings (SSSR count). The maximum absolute atomic E-state index is 12.1. The van der Waals surface area contributed by atoms with Crippen LogP contribution < -0.4 is 10.6 Å². The van der Waals surface area contributed by atoms with E-state index in [1.54, 1.807) is 32.9 Å². The molecule has 0 aliphatic carbocycles. The number of ether oxygens (including phenoxy) is 1. The molecule has 1 aromatic carbocycles. The highest BCUT2D eigenvalue weighted by Gasteiger charge is 2.21. The topological polar surface area (TPSA) is 97.6 Å². The summed E-state index contributed by atoms with van der Waals surface area (Å²) < 4.78 is 10.3. The molecule has 2 N–H and O–H groups in total. The van der Waals surface area contributed by atoms with Gasteiger partial charge in [-0.25, -0.2) is 9.59 Å². The van der Waals surface area contributed by atoms with Gasteiger partial charge in [-0.15, -0.1) is 0 Å². The predicted octanol–water partition coefficient (Wildman–Crippen LogP) is 3.33. The second-order valence-corrected chi connectivity index (χ2v) is 6.04. The zero-order valence-electron chi connectivity index (χ0n) is 15.5. The summed E-state index contributed by atoms with van der Waals surface area (Å²) in [5.41, 5.74) is 3.50. The van der Waals surface area contributed by atoms with Crippen molar-refractivity contribution >= 4 is 23.6 Å². The van der Waals surface area contributed by atoms with Crippen molar-refractivity contribution < 1.29 is 23.5 Å². The second-order valence-electron chi connectivity index (χ2n) is 6.04. The van der Waals surface area contributed by atoms with Gasteiger partial charge < -0.3 is 14.5 Å². The molecule has 0 aliphatic heterocycles. The van der Waals surface area contributed by atoms with Gasteiger partial charge in [0.25, 0.3) is 5.91 Å². The first kappa shape index (κ1) is 19.2. The summed E-state index contributed by atoms with van der Waals surface area (Å²) in [6.07, 6.45) is 0. The molecule has 1 aromatic heterocycles. The van der Waals surface area contributed by atoms with E-state index in [1.165, 1.54) is 0 Å². The van der Waals surface area contributed by atoms with Gasteiger partial charge in [0.1, 0.15) is 17.1 Å². The van der Waals surface area contributed by atoms with Crippen LogP contribution in [0.25, 0.3) is 0 Å². The molecule has 0 fully saturated rings. The third-order valence-electron chi connectivity index (χ3n) is 4.21. The van der Waals surface area contributed by atoms with Crippen molar-refractivity contribution in [2.45, 2.75) is 34.6 Å². The number of rotatable bonds is 4. The van der Waals surface area contributed by atoms with Gasteiger partial charge in [-0.3, -0.25) is 10.1 Å². The van der Waals surface area contributed by atoms with E-state index < -0.39 is 24.5 Å². The lowest BCUT2D eigenvalue weighted by Gasteiger charge is -2.11. The molecular weight excluding hydrogens is 336 g/mol. The fourth-order valence-electron chi connectivity index (χ4n) is 2.50.